The molecule has 0 radical (unpaired) electrons. The molecule has 0 aliphatic carbocycles. The summed E-state index contributed by atoms with van der Waals surface area (Å²) in [7, 11) is 1.70. The normalized spacial score (nSPS) is 12.3. The highest BCUT2D eigenvalue weighted by atomic mass is 16.5. The Bertz CT molecular complexity index is 632. The van der Waals surface area contributed by atoms with Crippen LogP contribution >= 0.6 is 0 Å². The SMILES string of the molecule is COc1cc(C)c(C(N)c2cccc(C)c2C)cc1C. The highest BCUT2D eigenvalue weighted by molar-refractivity contribution is 5.47. The van der Waals surface area contributed by atoms with E-state index >= 15 is 0 Å². The van der Waals surface area contributed by atoms with Crippen molar-refractivity contribution in [3.8, 4) is 5.75 Å². The Morgan fingerprint density at radius 3 is 2.25 bits per heavy atom. The van der Waals surface area contributed by atoms with Gasteiger partial charge in [-0.2, -0.15) is 0 Å². The maximum atomic E-state index is 6.51. The first kappa shape index (κ1) is 14.6. The fourth-order valence-electron chi connectivity index (χ4n) is 2.65. The van der Waals surface area contributed by atoms with Gasteiger partial charge in [0.25, 0.3) is 0 Å². The third-order valence-corrected chi connectivity index (χ3v) is 4.10. The second kappa shape index (κ2) is 5.68. The van der Waals surface area contributed by atoms with Gasteiger partial charge in [0.2, 0.25) is 0 Å². The standard InChI is InChI=1S/C18H23NO/c1-11-7-6-8-15(14(11)4)18(19)16-9-13(3)17(20-5)10-12(16)2/h6-10,18H,19H2,1-5H3. The van der Waals surface area contributed by atoms with Crippen LogP contribution < -0.4 is 10.5 Å². The fraction of sp³-hybridized carbons (Fsp3) is 0.333. The van der Waals surface area contributed by atoms with Crippen LogP contribution in [0.4, 0.5) is 0 Å². The van der Waals surface area contributed by atoms with Crippen LogP contribution in [-0.2, 0) is 0 Å². The summed E-state index contributed by atoms with van der Waals surface area (Å²) in [5.41, 5.74) is 13.7. The van der Waals surface area contributed by atoms with Gasteiger partial charge in [-0.25, -0.2) is 0 Å². The van der Waals surface area contributed by atoms with Gasteiger partial charge >= 0.3 is 0 Å². The lowest BCUT2D eigenvalue weighted by Gasteiger charge is -2.20. The summed E-state index contributed by atoms with van der Waals surface area (Å²) < 4.78 is 5.37. The van der Waals surface area contributed by atoms with Crippen LogP contribution in [0, 0.1) is 27.7 Å². The maximum absolute atomic E-state index is 6.51. The second-order valence-electron chi connectivity index (χ2n) is 5.45. The van der Waals surface area contributed by atoms with E-state index in [0.717, 1.165) is 16.9 Å². The average Bonchev–Trinajstić information content (AvgIpc) is 2.43. The smallest absolute Gasteiger partial charge is 0.122 e. The van der Waals surface area contributed by atoms with Crippen molar-refractivity contribution in [1.82, 2.24) is 0 Å². The molecule has 0 aliphatic heterocycles. The topological polar surface area (TPSA) is 35.2 Å². The highest BCUT2D eigenvalue weighted by Gasteiger charge is 2.16. The van der Waals surface area contributed by atoms with Crippen LogP contribution in [0.1, 0.15) is 39.4 Å². The molecule has 0 aliphatic rings. The largest absolute Gasteiger partial charge is 0.496 e. The van der Waals surface area contributed by atoms with Crippen LogP contribution in [0.25, 0.3) is 0 Å². The zero-order chi connectivity index (χ0) is 14.9. The molecule has 0 amide bonds. The van der Waals surface area contributed by atoms with Gasteiger partial charge in [0, 0.05) is 0 Å². The minimum atomic E-state index is -0.0977. The molecule has 2 heteroatoms. The van der Waals surface area contributed by atoms with Crippen molar-refractivity contribution in [2.24, 2.45) is 5.73 Å². The van der Waals surface area contributed by atoms with E-state index in [4.69, 9.17) is 10.5 Å². The Hall–Kier alpha value is -1.80. The molecule has 2 aromatic rings. The number of ether oxygens (including phenoxy) is 1. The fourth-order valence-corrected chi connectivity index (χ4v) is 2.65. The number of aryl methyl sites for hydroxylation is 3. The zero-order valence-electron chi connectivity index (χ0n) is 12.9. The number of hydrogen-bond donors (Lipinski definition) is 1. The molecule has 1 unspecified atom stereocenters. The lowest BCUT2D eigenvalue weighted by molar-refractivity contribution is 0.411. The van der Waals surface area contributed by atoms with Crippen LogP contribution in [0.3, 0.4) is 0 Å². The van der Waals surface area contributed by atoms with Gasteiger partial charge in [-0.15, -0.1) is 0 Å². The zero-order valence-corrected chi connectivity index (χ0v) is 12.9. The quantitative estimate of drug-likeness (QED) is 0.914. The van der Waals surface area contributed by atoms with Crippen molar-refractivity contribution in [1.29, 1.82) is 0 Å². The molecule has 2 rings (SSSR count). The number of rotatable bonds is 3. The molecule has 0 spiro atoms. The van der Waals surface area contributed by atoms with Gasteiger partial charge in [0.1, 0.15) is 5.75 Å². The predicted octanol–water partition coefficient (Wildman–Crippen LogP) is 3.98. The third kappa shape index (κ3) is 2.56. The van der Waals surface area contributed by atoms with E-state index in [0.29, 0.717) is 0 Å². The van der Waals surface area contributed by atoms with E-state index in [1.165, 1.54) is 22.3 Å². The van der Waals surface area contributed by atoms with E-state index in [2.05, 4.69) is 58.0 Å². The first-order valence-electron chi connectivity index (χ1n) is 6.92. The Labute approximate surface area is 121 Å². The number of benzene rings is 2. The summed E-state index contributed by atoms with van der Waals surface area (Å²) in [6.07, 6.45) is 0. The molecule has 2 aromatic carbocycles. The van der Waals surface area contributed by atoms with E-state index in [1.807, 2.05) is 0 Å². The monoisotopic (exact) mass is 269 g/mol. The van der Waals surface area contributed by atoms with Gasteiger partial charge in [-0.1, -0.05) is 24.3 Å². The highest BCUT2D eigenvalue weighted by Crippen LogP contribution is 2.30. The van der Waals surface area contributed by atoms with Gasteiger partial charge in [-0.05, 0) is 67.1 Å². The number of nitrogens with two attached hydrogens (primary N) is 1. The number of hydrogen-bond acceptors (Lipinski definition) is 2. The summed E-state index contributed by atoms with van der Waals surface area (Å²) in [6.45, 7) is 8.40. The Morgan fingerprint density at radius 2 is 1.60 bits per heavy atom. The summed E-state index contributed by atoms with van der Waals surface area (Å²) in [5, 5.41) is 0. The average molecular weight is 269 g/mol. The van der Waals surface area contributed by atoms with Crippen molar-refractivity contribution in [3.63, 3.8) is 0 Å². The molecule has 1 atom stereocenters. The molecule has 0 aromatic heterocycles. The molecule has 0 saturated heterocycles. The van der Waals surface area contributed by atoms with Crippen LogP contribution in [0.2, 0.25) is 0 Å². The van der Waals surface area contributed by atoms with E-state index in [9.17, 15) is 0 Å². The van der Waals surface area contributed by atoms with Crippen LogP contribution in [0.15, 0.2) is 30.3 Å². The third-order valence-electron chi connectivity index (χ3n) is 4.10. The molecular weight excluding hydrogens is 246 g/mol. The maximum Gasteiger partial charge on any atom is 0.122 e. The van der Waals surface area contributed by atoms with E-state index in [-0.39, 0.29) is 6.04 Å². The summed E-state index contributed by atoms with van der Waals surface area (Å²) in [4.78, 5) is 0. The first-order valence-corrected chi connectivity index (χ1v) is 6.92. The summed E-state index contributed by atoms with van der Waals surface area (Å²) in [5.74, 6) is 0.916. The molecule has 106 valence electrons. The number of methoxy groups -OCH3 is 1. The van der Waals surface area contributed by atoms with E-state index < -0.39 is 0 Å². The lowest BCUT2D eigenvalue weighted by atomic mass is 9.90. The molecule has 2 nitrogen and oxygen atoms in total. The molecule has 0 fully saturated rings. The predicted molar refractivity (Wildman–Crippen MR) is 84.4 cm³/mol. The molecular formula is C18H23NO. The van der Waals surface area contributed by atoms with Gasteiger partial charge in [0.15, 0.2) is 0 Å². The van der Waals surface area contributed by atoms with E-state index in [1.54, 1.807) is 7.11 Å². The van der Waals surface area contributed by atoms with Crippen molar-refractivity contribution in [3.05, 3.63) is 63.7 Å². The van der Waals surface area contributed by atoms with Crippen LogP contribution in [0.5, 0.6) is 5.75 Å². The molecule has 0 bridgehead atoms. The Balaban J connectivity index is 2.51. The van der Waals surface area contributed by atoms with Crippen molar-refractivity contribution < 1.29 is 4.74 Å². The summed E-state index contributed by atoms with van der Waals surface area (Å²) >= 11 is 0. The second-order valence-corrected chi connectivity index (χ2v) is 5.45. The molecule has 20 heavy (non-hydrogen) atoms. The Kier molecular flexibility index (Phi) is 4.15. The van der Waals surface area contributed by atoms with Gasteiger partial charge in [-0.3, -0.25) is 0 Å². The minimum Gasteiger partial charge on any atom is -0.496 e. The van der Waals surface area contributed by atoms with Gasteiger partial charge in [0.05, 0.1) is 13.2 Å². The van der Waals surface area contributed by atoms with Crippen LogP contribution in [-0.4, -0.2) is 7.11 Å². The molecule has 0 saturated carbocycles. The van der Waals surface area contributed by atoms with Crippen molar-refractivity contribution >= 4 is 0 Å². The molecule has 2 N–H and O–H groups in total. The van der Waals surface area contributed by atoms with Crippen molar-refractivity contribution in [2.45, 2.75) is 33.7 Å². The van der Waals surface area contributed by atoms with Crippen molar-refractivity contribution in [2.75, 3.05) is 7.11 Å². The minimum absolute atomic E-state index is 0.0977. The lowest BCUT2D eigenvalue weighted by Crippen LogP contribution is -2.15. The first-order chi connectivity index (χ1) is 9.45. The summed E-state index contributed by atoms with van der Waals surface area (Å²) in [6, 6.07) is 10.4. The molecule has 0 heterocycles. The van der Waals surface area contributed by atoms with Gasteiger partial charge < -0.3 is 10.5 Å². The Morgan fingerprint density at radius 1 is 0.900 bits per heavy atom.